The van der Waals surface area contributed by atoms with Crippen LogP contribution < -0.4 is 10.6 Å². The van der Waals surface area contributed by atoms with Crippen LogP contribution in [0.5, 0.6) is 0 Å². The lowest BCUT2D eigenvalue weighted by molar-refractivity contribution is -0.139. The third-order valence-corrected chi connectivity index (χ3v) is 3.87. The number of carbonyl (C=O) groups is 2. The van der Waals surface area contributed by atoms with Gasteiger partial charge in [-0.3, -0.25) is 0 Å². The fourth-order valence-corrected chi connectivity index (χ4v) is 2.47. The maximum Gasteiger partial charge on any atom is 0.326 e. The second-order valence-electron chi connectivity index (χ2n) is 5.20. The van der Waals surface area contributed by atoms with Crippen molar-refractivity contribution in [2.75, 3.05) is 5.32 Å². The molecule has 2 amide bonds. The Morgan fingerprint density at radius 1 is 1.38 bits per heavy atom. The third-order valence-electron chi connectivity index (χ3n) is 2.81. The summed E-state index contributed by atoms with van der Waals surface area (Å²) in [5.41, 5.74) is 1.36. The Hall–Kier alpha value is -1.27. The number of benzene rings is 1. The number of nitrogens with one attached hydrogen (secondary N) is 2. The summed E-state index contributed by atoms with van der Waals surface area (Å²) in [4.78, 5) is 23.0. The fourth-order valence-electron chi connectivity index (χ4n) is 1.75. The zero-order valence-corrected chi connectivity index (χ0v) is 14.4. The molecule has 1 aromatic rings. The van der Waals surface area contributed by atoms with Crippen molar-refractivity contribution in [3.63, 3.8) is 0 Å². The summed E-state index contributed by atoms with van der Waals surface area (Å²) in [6.07, 6.45) is 0.360. The molecule has 1 rings (SSSR count). The number of amides is 2. The summed E-state index contributed by atoms with van der Waals surface area (Å²) in [5, 5.41) is 14.7. The van der Waals surface area contributed by atoms with Crippen molar-refractivity contribution in [2.24, 2.45) is 5.92 Å². The number of anilines is 1. The van der Waals surface area contributed by atoms with Gasteiger partial charge in [0.2, 0.25) is 0 Å². The first-order valence-corrected chi connectivity index (χ1v) is 7.63. The van der Waals surface area contributed by atoms with Gasteiger partial charge in [-0.25, -0.2) is 9.59 Å². The van der Waals surface area contributed by atoms with Crippen LogP contribution in [0.1, 0.15) is 25.8 Å². The molecular weight excluding hydrogens is 360 g/mol. The van der Waals surface area contributed by atoms with Gasteiger partial charge in [-0.05, 0) is 52.9 Å². The van der Waals surface area contributed by atoms with Gasteiger partial charge in [-0.2, -0.15) is 0 Å². The van der Waals surface area contributed by atoms with Gasteiger partial charge in [0.05, 0.1) is 5.69 Å². The number of carboxylic acid groups (broad SMARTS) is 1. The average Bonchev–Trinajstić information content (AvgIpc) is 2.34. The van der Waals surface area contributed by atoms with Gasteiger partial charge in [-0.15, -0.1) is 0 Å². The van der Waals surface area contributed by atoms with Gasteiger partial charge in [-0.1, -0.05) is 25.4 Å². The Bertz CT molecular complexity index is 549. The van der Waals surface area contributed by atoms with Crippen molar-refractivity contribution in [2.45, 2.75) is 33.2 Å². The molecule has 0 saturated carbocycles. The Labute approximate surface area is 137 Å². The normalized spacial score (nSPS) is 12.1. The number of aryl methyl sites for hydroxylation is 1. The van der Waals surface area contributed by atoms with Crippen molar-refractivity contribution < 1.29 is 14.7 Å². The van der Waals surface area contributed by atoms with E-state index in [0.29, 0.717) is 21.6 Å². The van der Waals surface area contributed by atoms with Crippen molar-refractivity contribution >= 4 is 45.2 Å². The highest BCUT2D eigenvalue weighted by molar-refractivity contribution is 9.10. The maximum atomic E-state index is 11.9. The lowest BCUT2D eigenvalue weighted by Gasteiger charge is -2.17. The summed E-state index contributed by atoms with van der Waals surface area (Å²) in [6.45, 7) is 5.64. The topological polar surface area (TPSA) is 78.4 Å². The van der Waals surface area contributed by atoms with E-state index in [4.69, 9.17) is 16.7 Å². The first kappa shape index (κ1) is 17.8. The molecule has 5 nitrogen and oxygen atoms in total. The van der Waals surface area contributed by atoms with Crippen LogP contribution in [0.25, 0.3) is 0 Å². The van der Waals surface area contributed by atoms with Gasteiger partial charge in [0.15, 0.2) is 0 Å². The molecule has 0 saturated heterocycles. The summed E-state index contributed by atoms with van der Waals surface area (Å²) in [7, 11) is 0. The van der Waals surface area contributed by atoms with Crippen LogP contribution in [0.2, 0.25) is 5.02 Å². The van der Waals surface area contributed by atoms with E-state index in [1.807, 2.05) is 20.8 Å². The lowest BCUT2D eigenvalue weighted by Crippen LogP contribution is -2.43. The summed E-state index contributed by atoms with van der Waals surface area (Å²) in [6, 6.07) is 1.88. The van der Waals surface area contributed by atoms with Crippen LogP contribution in [0, 0.1) is 12.8 Å². The predicted molar refractivity (Wildman–Crippen MR) is 86.9 cm³/mol. The Morgan fingerprint density at radius 3 is 2.52 bits per heavy atom. The van der Waals surface area contributed by atoms with E-state index in [-0.39, 0.29) is 5.92 Å². The summed E-state index contributed by atoms with van der Waals surface area (Å²) < 4.78 is 0.676. The number of aliphatic carboxylic acids is 1. The van der Waals surface area contributed by atoms with E-state index in [1.54, 1.807) is 12.1 Å². The van der Waals surface area contributed by atoms with Crippen molar-refractivity contribution in [1.29, 1.82) is 0 Å². The van der Waals surface area contributed by atoms with Crippen molar-refractivity contribution in [3.8, 4) is 0 Å². The number of carboxylic acids is 1. The minimum atomic E-state index is -1.06. The average molecular weight is 378 g/mol. The second kappa shape index (κ2) is 7.66. The van der Waals surface area contributed by atoms with Gasteiger partial charge < -0.3 is 15.7 Å². The van der Waals surface area contributed by atoms with E-state index in [9.17, 15) is 9.59 Å². The van der Waals surface area contributed by atoms with Crippen LogP contribution in [0.4, 0.5) is 10.5 Å². The molecule has 0 bridgehead atoms. The molecule has 0 heterocycles. The molecule has 0 spiro atoms. The maximum absolute atomic E-state index is 11.9. The number of rotatable bonds is 5. The Morgan fingerprint density at radius 2 is 2.00 bits per heavy atom. The molecule has 0 aliphatic carbocycles. The van der Waals surface area contributed by atoms with E-state index in [0.717, 1.165) is 5.56 Å². The molecule has 0 radical (unpaired) electrons. The van der Waals surface area contributed by atoms with E-state index in [1.165, 1.54) is 0 Å². The Kier molecular flexibility index (Phi) is 6.48. The standard InChI is InChI=1S/C14H18BrClN2O3/c1-7(2)4-12(13(19)20)18-14(21)17-11-6-10(16)8(3)5-9(11)15/h5-7,12H,4H2,1-3H3,(H,19,20)(H2,17,18,21)/t12-/m1/s1. The fraction of sp³-hybridized carbons (Fsp3) is 0.429. The quantitative estimate of drug-likeness (QED) is 0.725. The molecule has 21 heavy (non-hydrogen) atoms. The zero-order valence-electron chi connectivity index (χ0n) is 12.0. The predicted octanol–water partition coefficient (Wildman–Crippen LogP) is 4.03. The smallest absolute Gasteiger partial charge is 0.326 e. The molecule has 0 fully saturated rings. The van der Waals surface area contributed by atoms with Crippen molar-refractivity contribution in [1.82, 2.24) is 5.32 Å². The van der Waals surface area contributed by atoms with E-state index in [2.05, 4.69) is 26.6 Å². The molecule has 1 atom stereocenters. The molecule has 1 aromatic carbocycles. The highest BCUT2D eigenvalue weighted by Crippen LogP contribution is 2.29. The molecule has 0 aliphatic heterocycles. The number of halogens is 2. The number of hydrogen-bond acceptors (Lipinski definition) is 2. The van der Waals surface area contributed by atoms with Crippen LogP contribution in [0.15, 0.2) is 16.6 Å². The monoisotopic (exact) mass is 376 g/mol. The third kappa shape index (κ3) is 5.55. The zero-order chi connectivity index (χ0) is 16.2. The van der Waals surface area contributed by atoms with Gasteiger partial charge in [0, 0.05) is 9.50 Å². The van der Waals surface area contributed by atoms with Crippen LogP contribution in [-0.4, -0.2) is 23.1 Å². The van der Waals surface area contributed by atoms with Gasteiger partial charge >= 0.3 is 12.0 Å². The van der Waals surface area contributed by atoms with Crippen molar-refractivity contribution in [3.05, 3.63) is 27.2 Å². The van der Waals surface area contributed by atoms with Crippen LogP contribution in [-0.2, 0) is 4.79 Å². The Balaban J connectivity index is 2.77. The van der Waals surface area contributed by atoms with Gasteiger partial charge in [0.1, 0.15) is 6.04 Å². The number of urea groups is 1. The summed E-state index contributed by atoms with van der Waals surface area (Å²) >= 11 is 9.34. The second-order valence-corrected chi connectivity index (χ2v) is 6.46. The van der Waals surface area contributed by atoms with E-state index >= 15 is 0 Å². The highest BCUT2D eigenvalue weighted by atomic mass is 79.9. The molecule has 0 aromatic heterocycles. The van der Waals surface area contributed by atoms with Crippen LogP contribution >= 0.6 is 27.5 Å². The molecule has 0 aliphatic rings. The largest absolute Gasteiger partial charge is 0.480 e. The minimum absolute atomic E-state index is 0.159. The van der Waals surface area contributed by atoms with E-state index < -0.39 is 18.0 Å². The lowest BCUT2D eigenvalue weighted by atomic mass is 10.0. The molecule has 7 heteroatoms. The molecule has 116 valence electrons. The minimum Gasteiger partial charge on any atom is -0.480 e. The first-order chi connectivity index (χ1) is 9.70. The molecule has 0 unspecified atom stereocenters. The number of hydrogen-bond donors (Lipinski definition) is 3. The highest BCUT2D eigenvalue weighted by Gasteiger charge is 2.21. The summed E-state index contributed by atoms with van der Waals surface area (Å²) in [5.74, 6) is -0.896. The van der Waals surface area contributed by atoms with Gasteiger partial charge in [0.25, 0.3) is 0 Å². The first-order valence-electron chi connectivity index (χ1n) is 6.46. The number of carbonyl (C=O) groups excluding carboxylic acids is 1. The molecule has 3 N–H and O–H groups in total. The molecular formula is C14H18BrClN2O3. The SMILES string of the molecule is Cc1cc(Br)c(NC(=O)N[C@H](CC(C)C)C(=O)O)cc1Cl. The van der Waals surface area contributed by atoms with Crippen LogP contribution in [0.3, 0.4) is 0 Å².